The Balaban J connectivity index is 1.11. The minimum atomic E-state index is -1.04. The van der Waals surface area contributed by atoms with Gasteiger partial charge in [-0.25, -0.2) is 0 Å². The van der Waals surface area contributed by atoms with Crippen LogP contribution in [0.2, 0.25) is 0 Å². The van der Waals surface area contributed by atoms with Gasteiger partial charge in [0, 0.05) is 61.3 Å². The Morgan fingerprint density at radius 3 is 2.08 bits per heavy atom. The number of benzene rings is 2. The van der Waals surface area contributed by atoms with Crippen molar-refractivity contribution in [3.63, 3.8) is 0 Å². The Kier molecular flexibility index (Phi) is 10.6. The normalized spacial score (nSPS) is 37.3. The van der Waals surface area contributed by atoms with Crippen molar-refractivity contribution >= 4 is 17.1 Å². The first-order chi connectivity index (χ1) is 25.2. The molecule has 0 bridgehead atoms. The van der Waals surface area contributed by atoms with Crippen LogP contribution in [-0.4, -0.2) is 119 Å². The van der Waals surface area contributed by atoms with Crippen LogP contribution < -0.4 is 0 Å². The predicted molar refractivity (Wildman–Crippen MR) is 185 cm³/mol. The first-order valence-corrected chi connectivity index (χ1v) is 18.1. The molecular formula is C39H48O14. The van der Waals surface area contributed by atoms with E-state index in [-0.39, 0.29) is 58.1 Å². The highest BCUT2D eigenvalue weighted by molar-refractivity contribution is 6.42. The molecule has 0 saturated carbocycles. The number of hydrogen-bond donors (Lipinski definition) is 5. The molecule has 0 unspecified atom stereocenters. The topological polar surface area (TPSA) is 200 Å². The fourth-order valence-corrected chi connectivity index (χ4v) is 8.50. The third-order valence-electron chi connectivity index (χ3n) is 11.3. The highest BCUT2D eigenvalue weighted by Gasteiger charge is 2.49. The number of phenolic OH excluding ortho intramolecular Hbond substituents is 2. The van der Waals surface area contributed by atoms with Crippen LogP contribution in [-0.2, 0) is 33.2 Å². The minimum Gasteiger partial charge on any atom is -0.507 e. The molecule has 3 fully saturated rings. The van der Waals surface area contributed by atoms with E-state index in [1.807, 2.05) is 6.92 Å². The third-order valence-corrected chi connectivity index (χ3v) is 11.3. The SMILES string of the molecule is CO[C@@H]1C2=C(C(=O)c3ccc([C@H]4C[C@@H](O[C@H]5CC[C@H](O[C@H]6C[C@@H](O)[C@H](O)[C@@H](C)O6)[C@H](C)O5)[C@H](O)[C@@H](C)O4)c(O)c3C2=O)c2c(O)cc(C)cc2[C@H]1OC. The van der Waals surface area contributed by atoms with Crippen molar-refractivity contribution in [2.75, 3.05) is 14.2 Å². The molecule has 0 radical (unpaired) electrons. The van der Waals surface area contributed by atoms with Gasteiger partial charge in [-0.3, -0.25) is 9.59 Å². The summed E-state index contributed by atoms with van der Waals surface area (Å²) in [6, 6.07) is 6.31. The summed E-state index contributed by atoms with van der Waals surface area (Å²) >= 11 is 0. The van der Waals surface area contributed by atoms with Gasteiger partial charge in [0.2, 0.25) is 0 Å². The van der Waals surface area contributed by atoms with Crippen LogP contribution in [0, 0.1) is 6.92 Å². The zero-order valence-corrected chi connectivity index (χ0v) is 30.6. The van der Waals surface area contributed by atoms with E-state index in [1.165, 1.54) is 32.4 Å². The number of allylic oxidation sites excluding steroid dienone is 1. The summed E-state index contributed by atoms with van der Waals surface area (Å²) in [6.45, 7) is 6.99. The number of aliphatic hydroxyl groups excluding tert-OH is 3. The molecule has 3 saturated heterocycles. The number of aliphatic hydroxyl groups is 3. The molecule has 5 N–H and O–H groups in total. The second kappa shape index (κ2) is 14.8. The van der Waals surface area contributed by atoms with E-state index in [1.54, 1.807) is 26.8 Å². The molecule has 288 valence electrons. The summed E-state index contributed by atoms with van der Waals surface area (Å²) in [5.41, 5.74) is 1.46. The molecule has 7 rings (SSSR count). The Labute approximate surface area is 307 Å². The van der Waals surface area contributed by atoms with Crippen molar-refractivity contribution < 1.29 is 68.3 Å². The lowest BCUT2D eigenvalue weighted by Gasteiger charge is -2.43. The van der Waals surface area contributed by atoms with Crippen LogP contribution in [0.4, 0.5) is 0 Å². The smallest absolute Gasteiger partial charge is 0.196 e. The van der Waals surface area contributed by atoms with Crippen molar-refractivity contribution in [2.45, 2.75) is 133 Å². The molecule has 3 aliphatic heterocycles. The second-order valence-electron chi connectivity index (χ2n) is 14.8. The molecule has 0 amide bonds. The zero-order valence-electron chi connectivity index (χ0n) is 30.6. The number of methoxy groups -OCH3 is 2. The molecule has 2 aliphatic carbocycles. The lowest BCUT2D eigenvalue weighted by Crippen LogP contribution is -2.51. The molecule has 3 heterocycles. The number of aryl methyl sites for hydroxylation is 1. The van der Waals surface area contributed by atoms with E-state index < -0.39 is 90.9 Å². The summed E-state index contributed by atoms with van der Waals surface area (Å²) in [4.78, 5) is 28.6. The van der Waals surface area contributed by atoms with Gasteiger partial charge in [-0.2, -0.15) is 0 Å². The number of phenols is 2. The summed E-state index contributed by atoms with van der Waals surface area (Å²) in [5, 5.41) is 54.1. The average Bonchev–Trinajstić information content (AvgIpc) is 3.11. The first kappa shape index (κ1) is 38.0. The standard InChI is InChI=1S/C39H48O14/c1-15-11-21-29(22(40)12-15)31-32(39(48-6)38(21)47-5)37(46)30-20(36(31)45)8-7-19(35(30)44)25-14-26(34(43)18(4)49-25)53-27-10-9-24(16(2)50-27)52-28-13-23(41)33(42)17(3)51-28/h7-8,11-12,16-18,23-28,33-34,38-44H,9-10,13-14H2,1-6H3/t16-,17+,18+,23+,24-,25+,26+,27-,28-,33+,34+,38+,39+/m0/s1. The summed E-state index contributed by atoms with van der Waals surface area (Å²) in [7, 11) is 2.86. The highest BCUT2D eigenvalue weighted by atomic mass is 16.7. The van der Waals surface area contributed by atoms with Crippen LogP contribution in [0.3, 0.4) is 0 Å². The molecule has 5 aliphatic rings. The van der Waals surface area contributed by atoms with Crippen molar-refractivity contribution in [2.24, 2.45) is 0 Å². The van der Waals surface area contributed by atoms with Gasteiger partial charge in [0.25, 0.3) is 0 Å². The van der Waals surface area contributed by atoms with Crippen LogP contribution in [0.25, 0.3) is 5.57 Å². The summed E-state index contributed by atoms with van der Waals surface area (Å²) in [5.74, 6) is -1.78. The quantitative estimate of drug-likeness (QED) is 0.277. The van der Waals surface area contributed by atoms with Crippen LogP contribution in [0.5, 0.6) is 11.5 Å². The molecule has 0 aromatic heterocycles. The lowest BCUT2D eigenvalue weighted by molar-refractivity contribution is -0.306. The number of carbonyl (C=O) groups is 2. The third kappa shape index (κ3) is 6.62. The summed E-state index contributed by atoms with van der Waals surface area (Å²) < 4.78 is 42.0. The molecular weight excluding hydrogens is 692 g/mol. The van der Waals surface area contributed by atoms with E-state index in [9.17, 15) is 35.1 Å². The van der Waals surface area contributed by atoms with Crippen LogP contribution in [0.1, 0.15) is 102 Å². The van der Waals surface area contributed by atoms with E-state index in [0.29, 0.717) is 18.4 Å². The van der Waals surface area contributed by atoms with E-state index in [4.69, 9.17) is 33.2 Å². The average molecular weight is 741 g/mol. The molecule has 53 heavy (non-hydrogen) atoms. The maximum atomic E-state index is 14.4. The molecule has 14 heteroatoms. The molecule has 2 aromatic carbocycles. The predicted octanol–water partition coefficient (Wildman–Crippen LogP) is 3.32. The largest absolute Gasteiger partial charge is 0.507 e. The van der Waals surface area contributed by atoms with Crippen LogP contribution in [0.15, 0.2) is 29.8 Å². The Bertz CT molecular complexity index is 1780. The molecule has 0 spiro atoms. The van der Waals surface area contributed by atoms with Crippen molar-refractivity contribution in [3.8, 4) is 11.5 Å². The van der Waals surface area contributed by atoms with Crippen molar-refractivity contribution in [1.82, 2.24) is 0 Å². The van der Waals surface area contributed by atoms with E-state index >= 15 is 0 Å². The first-order valence-electron chi connectivity index (χ1n) is 18.1. The Hall–Kier alpha value is -3.28. The van der Waals surface area contributed by atoms with E-state index in [2.05, 4.69) is 0 Å². The van der Waals surface area contributed by atoms with Gasteiger partial charge >= 0.3 is 0 Å². The Morgan fingerprint density at radius 1 is 0.717 bits per heavy atom. The maximum absolute atomic E-state index is 14.4. The lowest BCUT2D eigenvalue weighted by atomic mass is 9.71. The number of ether oxygens (including phenoxy) is 7. The fraction of sp³-hybridized carbons (Fsp3) is 0.590. The second-order valence-corrected chi connectivity index (χ2v) is 14.8. The highest BCUT2D eigenvalue weighted by Crippen LogP contribution is 2.51. The number of ketones is 2. The number of hydrogen-bond acceptors (Lipinski definition) is 14. The van der Waals surface area contributed by atoms with Gasteiger partial charge in [0.15, 0.2) is 24.1 Å². The maximum Gasteiger partial charge on any atom is 0.196 e. The van der Waals surface area contributed by atoms with Crippen LogP contribution >= 0.6 is 0 Å². The number of Topliss-reactive ketones (excluding diaryl/α,β-unsaturated/α-hetero) is 2. The zero-order chi connectivity index (χ0) is 38.0. The van der Waals surface area contributed by atoms with Crippen molar-refractivity contribution in [1.29, 1.82) is 0 Å². The van der Waals surface area contributed by atoms with Gasteiger partial charge in [-0.05, 0) is 57.4 Å². The molecule has 14 nitrogen and oxygen atoms in total. The monoisotopic (exact) mass is 740 g/mol. The van der Waals surface area contributed by atoms with E-state index in [0.717, 1.165) is 5.56 Å². The molecule has 13 atom stereocenters. The number of fused-ring (bicyclic) bond motifs is 3. The van der Waals surface area contributed by atoms with Crippen molar-refractivity contribution in [3.05, 3.63) is 63.2 Å². The number of rotatable bonds is 7. The summed E-state index contributed by atoms with van der Waals surface area (Å²) in [6.07, 6.45) is -8.65. The van der Waals surface area contributed by atoms with Gasteiger partial charge in [0.05, 0.1) is 48.3 Å². The number of carbonyl (C=O) groups excluding carboxylic acids is 2. The van der Waals surface area contributed by atoms with Gasteiger partial charge in [-0.1, -0.05) is 12.1 Å². The molecule has 2 aromatic rings. The number of aromatic hydroxyl groups is 2. The Morgan fingerprint density at radius 2 is 1.40 bits per heavy atom. The van der Waals surface area contributed by atoms with Gasteiger partial charge in [0.1, 0.15) is 35.9 Å². The van der Waals surface area contributed by atoms with Gasteiger partial charge < -0.3 is 58.7 Å². The fourth-order valence-electron chi connectivity index (χ4n) is 8.50. The minimum absolute atomic E-state index is 0.00740. The van der Waals surface area contributed by atoms with Gasteiger partial charge in [-0.15, -0.1) is 0 Å².